The Labute approximate surface area is 156 Å². The number of hydrogen-bond acceptors (Lipinski definition) is 4. The highest BCUT2D eigenvalue weighted by Crippen LogP contribution is 2.33. The van der Waals surface area contributed by atoms with Crippen molar-refractivity contribution in [3.8, 4) is 17.5 Å². The topological polar surface area (TPSA) is 58.8 Å². The zero-order valence-corrected chi connectivity index (χ0v) is 15.5. The predicted octanol–water partition coefficient (Wildman–Crippen LogP) is 5.25. The lowest BCUT2D eigenvalue weighted by Gasteiger charge is -2.28. The van der Waals surface area contributed by atoms with Crippen LogP contribution in [0.15, 0.2) is 36.7 Å². The van der Waals surface area contributed by atoms with Crippen molar-refractivity contribution in [1.29, 1.82) is 5.26 Å². The van der Waals surface area contributed by atoms with Gasteiger partial charge in [0.25, 0.3) is 0 Å². The summed E-state index contributed by atoms with van der Waals surface area (Å²) in [5, 5.41) is 8.88. The fraction of sp³-hybridized carbons (Fsp3) is 0.500. The molecule has 4 heteroatoms. The first kappa shape index (κ1) is 18.5. The largest absolute Gasteiger partial charge is 0.378 e. The minimum absolute atomic E-state index is 0.432. The van der Waals surface area contributed by atoms with Crippen molar-refractivity contribution in [2.75, 3.05) is 6.61 Å². The van der Waals surface area contributed by atoms with E-state index in [1.165, 1.54) is 24.8 Å². The molecule has 1 aliphatic rings. The summed E-state index contributed by atoms with van der Waals surface area (Å²) in [5.41, 5.74) is 2.82. The highest BCUT2D eigenvalue weighted by molar-refractivity contribution is 5.56. The molecule has 1 aromatic heterocycles. The number of benzene rings is 1. The molecule has 4 nitrogen and oxygen atoms in total. The van der Waals surface area contributed by atoms with Gasteiger partial charge in [-0.3, -0.25) is 0 Å². The van der Waals surface area contributed by atoms with E-state index >= 15 is 0 Å². The molecule has 0 saturated heterocycles. The van der Waals surface area contributed by atoms with Crippen LogP contribution in [0.25, 0.3) is 11.4 Å². The van der Waals surface area contributed by atoms with Crippen molar-refractivity contribution in [3.05, 3.63) is 47.8 Å². The van der Waals surface area contributed by atoms with E-state index in [0.29, 0.717) is 23.4 Å². The summed E-state index contributed by atoms with van der Waals surface area (Å²) >= 11 is 0. The number of rotatable bonds is 7. The maximum Gasteiger partial charge on any atom is 0.159 e. The first-order valence-corrected chi connectivity index (χ1v) is 9.74. The van der Waals surface area contributed by atoms with Crippen molar-refractivity contribution >= 4 is 0 Å². The Bertz CT molecular complexity index is 711. The van der Waals surface area contributed by atoms with Gasteiger partial charge in [-0.15, -0.1) is 0 Å². The molecule has 0 spiro atoms. The van der Waals surface area contributed by atoms with Gasteiger partial charge in [0, 0.05) is 24.6 Å². The number of hydrogen-bond donors (Lipinski definition) is 0. The van der Waals surface area contributed by atoms with Gasteiger partial charge in [-0.05, 0) is 67.9 Å². The van der Waals surface area contributed by atoms with E-state index in [-0.39, 0.29) is 0 Å². The number of aromatic nitrogens is 2. The third-order valence-corrected chi connectivity index (χ3v) is 5.19. The molecule has 0 N–H and O–H groups in total. The molecule has 26 heavy (non-hydrogen) atoms. The average Bonchev–Trinajstić information content (AvgIpc) is 2.72. The molecule has 136 valence electrons. The lowest BCUT2D eigenvalue weighted by Crippen LogP contribution is -2.21. The van der Waals surface area contributed by atoms with Crippen LogP contribution in [-0.2, 0) is 4.74 Å². The molecule has 0 amide bonds. The van der Waals surface area contributed by atoms with Gasteiger partial charge in [-0.2, -0.15) is 5.26 Å². The van der Waals surface area contributed by atoms with E-state index in [0.717, 1.165) is 37.9 Å². The fourth-order valence-electron chi connectivity index (χ4n) is 3.56. The van der Waals surface area contributed by atoms with Crippen molar-refractivity contribution in [3.63, 3.8) is 0 Å². The molecule has 1 aliphatic carbocycles. The molecule has 3 rings (SSSR count). The summed E-state index contributed by atoms with van der Waals surface area (Å²) < 4.78 is 6.01. The highest BCUT2D eigenvalue weighted by Gasteiger charge is 2.23. The van der Waals surface area contributed by atoms with Gasteiger partial charge in [-0.1, -0.05) is 19.8 Å². The van der Waals surface area contributed by atoms with E-state index < -0.39 is 0 Å². The first-order valence-electron chi connectivity index (χ1n) is 9.74. The molecule has 1 saturated carbocycles. The van der Waals surface area contributed by atoms with Gasteiger partial charge in [-0.25, -0.2) is 9.97 Å². The van der Waals surface area contributed by atoms with Crippen LogP contribution in [0.3, 0.4) is 0 Å². The molecular weight excluding hydrogens is 322 g/mol. The first-order chi connectivity index (χ1) is 12.8. The fourth-order valence-corrected chi connectivity index (χ4v) is 3.56. The number of ether oxygens (including phenoxy) is 1. The third-order valence-electron chi connectivity index (χ3n) is 5.19. The molecule has 2 aromatic rings. The van der Waals surface area contributed by atoms with E-state index in [9.17, 15) is 0 Å². The van der Waals surface area contributed by atoms with Crippen LogP contribution < -0.4 is 0 Å². The van der Waals surface area contributed by atoms with Gasteiger partial charge in [0.15, 0.2) is 5.82 Å². The van der Waals surface area contributed by atoms with Crippen LogP contribution in [0.4, 0.5) is 0 Å². The van der Waals surface area contributed by atoms with Gasteiger partial charge in [0.05, 0.1) is 17.7 Å². The van der Waals surface area contributed by atoms with Gasteiger partial charge in [0.1, 0.15) is 0 Å². The van der Waals surface area contributed by atoms with Crippen LogP contribution in [0.2, 0.25) is 0 Å². The van der Waals surface area contributed by atoms with Crippen molar-refractivity contribution in [2.24, 2.45) is 0 Å². The second kappa shape index (κ2) is 9.45. The molecule has 0 unspecified atom stereocenters. The van der Waals surface area contributed by atoms with Gasteiger partial charge in [0.2, 0.25) is 0 Å². The van der Waals surface area contributed by atoms with E-state index in [1.54, 1.807) is 12.1 Å². The van der Waals surface area contributed by atoms with Crippen LogP contribution >= 0.6 is 0 Å². The molecule has 0 aliphatic heterocycles. The molecule has 0 bridgehead atoms. The van der Waals surface area contributed by atoms with Crippen LogP contribution in [0.5, 0.6) is 0 Å². The van der Waals surface area contributed by atoms with Crippen molar-refractivity contribution in [1.82, 2.24) is 9.97 Å². The Morgan fingerprint density at radius 3 is 2.35 bits per heavy atom. The van der Waals surface area contributed by atoms with Gasteiger partial charge < -0.3 is 4.74 Å². The van der Waals surface area contributed by atoms with Crippen molar-refractivity contribution < 1.29 is 4.74 Å². The van der Waals surface area contributed by atoms with Crippen LogP contribution in [0, 0.1) is 11.3 Å². The second-order valence-electron chi connectivity index (χ2n) is 7.08. The summed E-state index contributed by atoms with van der Waals surface area (Å²) in [6.07, 6.45) is 12.6. The zero-order chi connectivity index (χ0) is 18.2. The Morgan fingerprint density at radius 1 is 1.04 bits per heavy atom. The summed E-state index contributed by atoms with van der Waals surface area (Å²) in [6, 6.07) is 9.52. The standard InChI is InChI=1S/C22H27N3O/c1-2-3-4-13-26-21-11-9-18(10-12-21)20-15-24-22(25-16-20)19-7-5-17(14-23)6-8-19/h5-8,15-16,18,21H,2-4,9-13H2,1H3. The molecule has 0 atom stereocenters. The number of nitriles is 1. The average molecular weight is 349 g/mol. The van der Waals surface area contributed by atoms with E-state index in [4.69, 9.17) is 10.00 Å². The lowest BCUT2D eigenvalue weighted by atomic mass is 9.84. The zero-order valence-electron chi connectivity index (χ0n) is 15.5. The lowest BCUT2D eigenvalue weighted by molar-refractivity contribution is 0.0227. The normalized spacial score (nSPS) is 19.8. The Balaban J connectivity index is 1.52. The maximum absolute atomic E-state index is 8.88. The summed E-state index contributed by atoms with van der Waals surface area (Å²) in [4.78, 5) is 9.09. The minimum atomic E-state index is 0.432. The quantitative estimate of drug-likeness (QED) is 0.641. The third kappa shape index (κ3) is 4.89. The van der Waals surface area contributed by atoms with Crippen LogP contribution in [-0.4, -0.2) is 22.7 Å². The Morgan fingerprint density at radius 2 is 1.73 bits per heavy atom. The minimum Gasteiger partial charge on any atom is -0.378 e. The molecule has 1 fully saturated rings. The van der Waals surface area contributed by atoms with E-state index in [2.05, 4.69) is 23.0 Å². The SMILES string of the molecule is CCCCCOC1CCC(c2cnc(-c3ccc(C#N)cc3)nc2)CC1. The molecule has 1 aromatic carbocycles. The summed E-state index contributed by atoms with van der Waals surface area (Å²) in [7, 11) is 0. The maximum atomic E-state index is 8.88. The second-order valence-corrected chi connectivity index (χ2v) is 7.08. The summed E-state index contributed by atoms with van der Waals surface area (Å²) in [5.74, 6) is 1.26. The Kier molecular flexibility index (Phi) is 6.74. The monoisotopic (exact) mass is 349 g/mol. The highest BCUT2D eigenvalue weighted by atomic mass is 16.5. The molecule has 0 radical (unpaired) electrons. The van der Waals surface area contributed by atoms with Gasteiger partial charge >= 0.3 is 0 Å². The predicted molar refractivity (Wildman–Crippen MR) is 103 cm³/mol. The van der Waals surface area contributed by atoms with Crippen molar-refractivity contribution in [2.45, 2.75) is 63.9 Å². The van der Waals surface area contributed by atoms with Crippen LogP contribution in [0.1, 0.15) is 68.9 Å². The Hall–Kier alpha value is -2.25. The smallest absolute Gasteiger partial charge is 0.159 e. The summed E-state index contributed by atoms with van der Waals surface area (Å²) in [6.45, 7) is 3.13. The number of unbranched alkanes of at least 4 members (excludes halogenated alkanes) is 2. The number of nitrogens with zero attached hydrogens (tertiary/aromatic N) is 3. The molecule has 1 heterocycles. The van der Waals surface area contributed by atoms with E-state index in [1.807, 2.05) is 24.5 Å². The molecular formula is C22H27N3O.